The largest absolute Gasteiger partial charge is 0.352 e. The minimum atomic E-state index is -0.318. The molecular formula is C17H13FN4O. The average molecular weight is 308 g/mol. The summed E-state index contributed by atoms with van der Waals surface area (Å²) in [7, 11) is 0. The van der Waals surface area contributed by atoms with E-state index in [9.17, 15) is 9.18 Å². The molecule has 0 atom stereocenters. The number of rotatable bonds is 4. The number of nitrogens with zero attached hydrogens (tertiary/aromatic N) is 2. The van der Waals surface area contributed by atoms with Gasteiger partial charge in [-0.1, -0.05) is 0 Å². The first-order valence-corrected chi connectivity index (χ1v) is 7.08. The molecule has 114 valence electrons. The van der Waals surface area contributed by atoms with E-state index in [1.807, 2.05) is 6.07 Å². The van der Waals surface area contributed by atoms with E-state index in [0.717, 1.165) is 0 Å². The van der Waals surface area contributed by atoms with Crippen LogP contribution < -0.4 is 5.32 Å². The van der Waals surface area contributed by atoms with Crippen LogP contribution in [0.3, 0.4) is 0 Å². The van der Waals surface area contributed by atoms with Gasteiger partial charge in [0.1, 0.15) is 11.6 Å². The molecule has 1 heterocycles. The lowest BCUT2D eigenvalue weighted by Gasteiger charge is -2.04. The molecule has 3 rings (SSSR count). The number of carbonyl (C=O) groups excluding carboxylic acids is 1. The molecule has 0 fully saturated rings. The number of hydrogen-bond acceptors (Lipinski definition) is 3. The summed E-state index contributed by atoms with van der Waals surface area (Å²) in [6.07, 6.45) is 0.512. The quantitative estimate of drug-likeness (QED) is 0.777. The second-order valence-corrected chi connectivity index (χ2v) is 5.04. The van der Waals surface area contributed by atoms with E-state index >= 15 is 0 Å². The van der Waals surface area contributed by atoms with Crippen molar-refractivity contribution >= 4 is 16.9 Å². The SMILES string of the molecule is N#Cc1ccc(C(=O)NCCc2nc3ccc(F)cc3[nH]2)cc1. The maximum Gasteiger partial charge on any atom is 0.251 e. The molecule has 3 aromatic rings. The maximum absolute atomic E-state index is 13.1. The first-order valence-electron chi connectivity index (χ1n) is 7.08. The van der Waals surface area contributed by atoms with Crippen LogP contribution in [0.2, 0.25) is 0 Å². The molecule has 2 N–H and O–H groups in total. The number of amides is 1. The summed E-state index contributed by atoms with van der Waals surface area (Å²) in [5, 5.41) is 11.5. The third-order valence-corrected chi connectivity index (χ3v) is 3.42. The Morgan fingerprint density at radius 1 is 1.26 bits per heavy atom. The zero-order valence-electron chi connectivity index (χ0n) is 12.1. The smallest absolute Gasteiger partial charge is 0.251 e. The number of nitrogens with one attached hydrogen (secondary N) is 2. The number of carbonyl (C=O) groups is 1. The molecule has 0 aliphatic heterocycles. The summed E-state index contributed by atoms with van der Waals surface area (Å²) in [5.74, 6) is 0.157. The maximum atomic E-state index is 13.1. The van der Waals surface area contributed by atoms with E-state index in [1.54, 1.807) is 30.3 Å². The standard InChI is InChI=1S/C17H13FN4O/c18-13-5-6-14-15(9-13)22-16(21-14)7-8-20-17(23)12-3-1-11(10-19)2-4-12/h1-6,9H,7-8H2,(H,20,23)(H,21,22). The van der Waals surface area contributed by atoms with Gasteiger partial charge in [-0.25, -0.2) is 9.37 Å². The zero-order valence-corrected chi connectivity index (χ0v) is 12.1. The highest BCUT2D eigenvalue weighted by atomic mass is 19.1. The minimum Gasteiger partial charge on any atom is -0.352 e. The van der Waals surface area contributed by atoms with Gasteiger partial charge in [0.15, 0.2) is 0 Å². The molecule has 0 aliphatic rings. The molecule has 0 radical (unpaired) electrons. The van der Waals surface area contributed by atoms with Gasteiger partial charge in [-0.3, -0.25) is 4.79 Å². The number of nitriles is 1. The van der Waals surface area contributed by atoms with Crippen molar-refractivity contribution < 1.29 is 9.18 Å². The summed E-state index contributed by atoms with van der Waals surface area (Å²) in [4.78, 5) is 19.3. The number of H-pyrrole nitrogens is 1. The Morgan fingerprint density at radius 2 is 2.04 bits per heavy atom. The highest BCUT2D eigenvalue weighted by Gasteiger charge is 2.07. The summed E-state index contributed by atoms with van der Waals surface area (Å²) in [6.45, 7) is 0.404. The summed E-state index contributed by atoms with van der Waals surface area (Å²) < 4.78 is 13.1. The fraction of sp³-hybridized carbons (Fsp3) is 0.118. The normalized spacial score (nSPS) is 10.4. The molecule has 2 aromatic carbocycles. The van der Waals surface area contributed by atoms with Gasteiger partial charge >= 0.3 is 0 Å². The molecule has 23 heavy (non-hydrogen) atoms. The van der Waals surface area contributed by atoms with Crippen LogP contribution in [0.15, 0.2) is 42.5 Å². The van der Waals surface area contributed by atoms with Gasteiger partial charge in [0.05, 0.1) is 22.7 Å². The third kappa shape index (κ3) is 3.35. The molecule has 0 saturated heterocycles. The van der Waals surface area contributed by atoms with E-state index in [2.05, 4.69) is 15.3 Å². The number of aromatic nitrogens is 2. The summed E-state index contributed by atoms with van der Waals surface area (Å²) in [6, 6.07) is 12.8. The highest BCUT2D eigenvalue weighted by molar-refractivity contribution is 5.94. The Kier molecular flexibility index (Phi) is 4.02. The zero-order chi connectivity index (χ0) is 16.2. The van der Waals surface area contributed by atoms with Crippen LogP contribution in [-0.2, 0) is 6.42 Å². The van der Waals surface area contributed by atoms with Crippen molar-refractivity contribution in [2.24, 2.45) is 0 Å². The van der Waals surface area contributed by atoms with Gasteiger partial charge in [0.25, 0.3) is 5.91 Å². The lowest BCUT2D eigenvalue weighted by atomic mass is 10.1. The van der Waals surface area contributed by atoms with Crippen LogP contribution in [0.4, 0.5) is 4.39 Å². The fourth-order valence-electron chi connectivity index (χ4n) is 2.25. The van der Waals surface area contributed by atoms with Gasteiger partial charge < -0.3 is 10.3 Å². The molecule has 0 bridgehead atoms. The van der Waals surface area contributed by atoms with E-state index in [4.69, 9.17) is 5.26 Å². The number of hydrogen-bond donors (Lipinski definition) is 2. The Labute approximate surface area is 131 Å². The van der Waals surface area contributed by atoms with Gasteiger partial charge in [0, 0.05) is 18.5 Å². The van der Waals surface area contributed by atoms with Gasteiger partial charge in [-0.15, -0.1) is 0 Å². The fourth-order valence-corrected chi connectivity index (χ4v) is 2.25. The minimum absolute atomic E-state index is 0.211. The second kappa shape index (κ2) is 6.28. The van der Waals surface area contributed by atoms with Crippen molar-refractivity contribution in [3.8, 4) is 6.07 Å². The van der Waals surface area contributed by atoms with Gasteiger partial charge in [-0.2, -0.15) is 5.26 Å². The van der Waals surface area contributed by atoms with Crippen molar-refractivity contribution in [3.63, 3.8) is 0 Å². The van der Waals surface area contributed by atoms with Crippen LogP contribution in [0, 0.1) is 17.1 Å². The molecule has 0 unspecified atom stereocenters. The topological polar surface area (TPSA) is 81.6 Å². The Bertz CT molecular complexity index is 893. The summed E-state index contributed by atoms with van der Waals surface area (Å²) in [5.41, 5.74) is 2.34. The number of aromatic amines is 1. The molecule has 6 heteroatoms. The van der Waals surface area contributed by atoms with E-state index in [1.165, 1.54) is 12.1 Å². The van der Waals surface area contributed by atoms with Crippen molar-refractivity contribution in [2.45, 2.75) is 6.42 Å². The summed E-state index contributed by atoms with van der Waals surface area (Å²) >= 11 is 0. The van der Waals surface area contributed by atoms with Crippen LogP contribution >= 0.6 is 0 Å². The van der Waals surface area contributed by atoms with E-state index in [-0.39, 0.29) is 11.7 Å². The Morgan fingerprint density at radius 3 is 2.78 bits per heavy atom. The van der Waals surface area contributed by atoms with E-state index in [0.29, 0.717) is 41.0 Å². The first-order chi connectivity index (χ1) is 11.2. The third-order valence-electron chi connectivity index (χ3n) is 3.42. The first kappa shape index (κ1) is 14.7. The predicted octanol–water partition coefficient (Wildman–Crippen LogP) is 2.55. The number of imidazole rings is 1. The number of halogens is 1. The van der Waals surface area contributed by atoms with E-state index < -0.39 is 0 Å². The number of fused-ring (bicyclic) bond motifs is 1. The van der Waals surface area contributed by atoms with Crippen LogP contribution in [0.25, 0.3) is 11.0 Å². The van der Waals surface area contributed by atoms with Crippen LogP contribution in [0.5, 0.6) is 0 Å². The lowest BCUT2D eigenvalue weighted by Crippen LogP contribution is -2.25. The highest BCUT2D eigenvalue weighted by Crippen LogP contribution is 2.13. The molecular weight excluding hydrogens is 295 g/mol. The lowest BCUT2D eigenvalue weighted by molar-refractivity contribution is 0.0954. The van der Waals surface area contributed by atoms with Crippen molar-refractivity contribution in [2.75, 3.05) is 6.54 Å². The molecule has 5 nitrogen and oxygen atoms in total. The molecule has 0 aliphatic carbocycles. The Hall–Kier alpha value is -3.20. The molecule has 1 amide bonds. The van der Waals surface area contributed by atoms with Crippen molar-refractivity contribution in [1.29, 1.82) is 5.26 Å². The predicted molar refractivity (Wildman–Crippen MR) is 83.2 cm³/mol. The molecule has 0 spiro atoms. The van der Waals surface area contributed by atoms with Crippen molar-refractivity contribution in [3.05, 3.63) is 65.2 Å². The van der Waals surface area contributed by atoms with Gasteiger partial charge in [0.2, 0.25) is 0 Å². The van der Waals surface area contributed by atoms with Crippen LogP contribution in [0.1, 0.15) is 21.7 Å². The van der Waals surface area contributed by atoms with Crippen molar-refractivity contribution in [1.82, 2.24) is 15.3 Å². The van der Waals surface area contributed by atoms with Crippen LogP contribution in [-0.4, -0.2) is 22.4 Å². The monoisotopic (exact) mass is 308 g/mol. The average Bonchev–Trinajstić information content (AvgIpc) is 2.96. The Balaban J connectivity index is 1.59. The molecule has 1 aromatic heterocycles. The second-order valence-electron chi connectivity index (χ2n) is 5.04. The number of benzene rings is 2. The molecule has 0 saturated carbocycles. The van der Waals surface area contributed by atoms with Gasteiger partial charge in [-0.05, 0) is 42.5 Å².